The van der Waals surface area contributed by atoms with E-state index in [2.05, 4.69) is 19.7 Å². The number of carbonyl (C=O) groups excluding carboxylic acids is 1. The lowest BCUT2D eigenvalue weighted by Gasteiger charge is -1.95. The molecule has 5 heteroatoms. The average molecular weight is 195 g/mol. The van der Waals surface area contributed by atoms with Crippen LogP contribution in [0.15, 0.2) is 17.4 Å². The Labute approximate surface area is 82.2 Å². The minimum Gasteiger partial charge on any atom is -0.469 e. The van der Waals surface area contributed by atoms with E-state index in [1.165, 1.54) is 7.11 Å². The smallest absolute Gasteiger partial charge is 0.305 e. The van der Waals surface area contributed by atoms with Crippen LogP contribution in [-0.2, 0) is 9.53 Å². The van der Waals surface area contributed by atoms with Gasteiger partial charge >= 0.3 is 5.97 Å². The molecule has 0 aliphatic rings. The van der Waals surface area contributed by atoms with Crippen LogP contribution in [0.25, 0.3) is 0 Å². The molecule has 0 amide bonds. The first-order valence-corrected chi connectivity index (χ1v) is 4.39. The maximum atomic E-state index is 10.7. The van der Waals surface area contributed by atoms with E-state index < -0.39 is 0 Å². The second-order valence-corrected chi connectivity index (χ2v) is 2.69. The van der Waals surface area contributed by atoms with Gasteiger partial charge < -0.3 is 9.72 Å². The molecule has 0 atom stereocenters. The van der Waals surface area contributed by atoms with E-state index in [1.54, 1.807) is 18.6 Å². The first-order valence-electron chi connectivity index (χ1n) is 4.39. The SMILES string of the molecule is COC(=O)CCCN=Cc1ncc[nH]1. The fraction of sp³-hybridized carbons (Fsp3) is 0.444. The molecule has 0 bridgehead atoms. The highest BCUT2D eigenvalue weighted by Gasteiger charge is 1.97. The number of esters is 1. The molecule has 1 aromatic rings. The van der Waals surface area contributed by atoms with Gasteiger partial charge in [-0.3, -0.25) is 9.79 Å². The normalized spacial score (nSPS) is 10.6. The number of aromatic nitrogens is 2. The van der Waals surface area contributed by atoms with Crippen LogP contribution in [0.2, 0.25) is 0 Å². The van der Waals surface area contributed by atoms with Crippen molar-refractivity contribution in [3.05, 3.63) is 18.2 Å². The zero-order chi connectivity index (χ0) is 10.2. The summed E-state index contributed by atoms with van der Waals surface area (Å²) in [4.78, 5) is 21.7. The number of nitrogens with zero attached hydrogens (tertiary/aromatic N) is 2. The summed E-state index contributed by atoms with van der Waals surface area (Å²) >= 11 is 0. The van der Waals surface area contributed by atoms with E-state index in [0.717, 1.165) is 5.82 Å². The summed E-state index contributed by atoms with van der Waals surface area (Å²) in [6, 6.07) is 0. The van der Waals surface area contributed by atoms with Gasteiger partial charge in [0.1, 0.15) is 5.82 Å². The average Bonchev–Trinajstić information content (AvgIpc) is 2.69. The minimum atomic E-state index is -0.196. The number of ether oxygens (including phenoxy) is 1. The van der Waals surface area contributed by atoms with Crippen LogP contribution < -0.4 is 0 Å². The summed E-state index contributed by atoms with van der Waals surface area (Å²) in [5.41, 5.74) is 0. The number of H-pyrrole nitrogens is 1. The highest BCUT2D eigenvalue weighted by atomic mass is 16.5. The monoisotopic (exact) mass is 195 g/mol. The minimum absolute atomic E-state index is 0.196. The molecule has 1 heterocycles. The van der Waals surface area contributed by atoms with Crippen LogP contribution in [0.4, 0.5) is 0 Å². The quantitative estimate of drug-likeness (QED) is 0.429. The molecule has 0 fully saturated rings. The molecule has 0 aliphatic heterocycles. The summed E-state index contributed by atoms with van der Waals surface area (Å²) in [7, 11) is 1.38. The van der Waals surface area contributed by atoms with Gasteiger partial charge in [-0.25, -0.2) is 4.98 Å². The van der Waals surface area contributed by atoms with Crippen molar-refractivity contribution >= 4 is 12.2 Å². The van der Waals surface area contributed by atoms with Gasteiger partial charge in [-0.2, -0.15) is 0 Å². The molecular formula is C9H13N3O2. The Hall–Kier alpha value is -1.65. The summed E-state index contributed by atoms with van der Waals surface area (Å²) in [6.45, 7) is 0.607. The van der Waals surface area contributed by atoms with Crippen molar-refractivity contribution in [3.8, 4) is 0 Å². The number of methoxy groups -OCH3 is 1. The van der Waals surface area contributed by atoms with Gasteiger partial charge in [0.15, 0.2) is 0 Å². The van der Waals surface area contributed by atoms with Gasteiger partial charge in [-0.15, -0.1) is 0 Å². The maximum Gasteiger partial charge on any atom is 0.305 e. The molecule has 5 nitrogen and oxygen atoms in total. The van der Waals surface area contributed by atoms with Gasteiger partial charge in [-0.05, 0) is 6.42 Å². The summed E-state index contributed by atoms with van der Waals surface area (Å²) < 4.78 is 4.49. The molecule has 0 saturated heterocycles. The van der Waals surface area contributed by atoms with E-state index in [-0.39, 0.29) is 5.97 Å². The molecule has 0 unspecified atom stereocenters. The predicted molar refractivity (Wildman–Crippen MR) is 52.3 cm³/mol. The first-order chi connectivity index (χ1) is 6.83. The zero-order valence-electron chi connectivity index (χ0n) is 8.06. The Balaban J connectivity index is 2.12. The van der Waals surface area contributed by atoms with Crippen molar-refractivity contribution in [1.82, 2.24) is 9.97 Å². The van der Waals surface area contributed by atoms with Gasteiger partial charge in [-0.1, -0.05) is 0 Å². The highest BCUT2D eigenvalue weighted by Crippen LogP contribution is 1.92. The maximum absolute atomic E-state index is 10.7. The molecule has 1 N–H and O–H groups in total. The lowest BCUT2D eigenvalue weighted by Crippen LogP contribution is -2.00. The number of aromatic amines is 1. The van der Waals surface area contributed by atoms with Gasteiger partial charge in [0.2, 0.25) is 0 Å². The Kier molecular flexibility index (Phi) is 4.40. The number of rotatable bonds is 5. The second-order valence-electron chi connectivity index (χ2n) is 2.69. The summed E-state index contributed by atoms with van der Waals surface area (Å²) in [5.74, 6) is 0.529. The fourth-order valence-corrected chi connectivity index (χ4v) is 0.916. The Bertz CT molecular complexity index is 293. The van der Waals surface area contributed by atoms with Crippen molar-refractivity contribution < 1.29 is 9.53 Å². The first kappa shape index (κ1) is 10.4. The molecular weight excluding hydrogens is 182 g/mol. The van der Waals surface area contributed by atoms with Crippen molar-refractivity contribution in [2.24, 2.45) is 4.99 Å². The van der Waals surface area contributed by atoms with Crippen molar-refractivity contribution in [2.75, 3.05) is 13.7 Å². The molecule has 0 radical (unpaired) electrons. The van der Waals surface area contributed by atoms with Gasteiger partial charge in [0, 0.05) is 25.4 Å². The highest BCUT2D eigenvalue weighted by molar-refractivity contribution is 5.74. The number of carbonyl (C=O) groups is 1. The van der Waals surface area contributed by atoms with E-state index >= 15 is 0 Å². The Morgan fingerprint density at radius 1 is 1.79 bits per heavy atom. The molecule has 1 aromatic heterocycles. The molecule has 14 heavy (non-hydrogen) atoms. The number of hydrogen-bond donors (Lipinski definition) is 1. The zero-order valence-corrected chi connectivity index (χ0v) is 8.06. The number of aliphatic imine (C=N–C) groups is 1. The molecule has 76 valence electrons. The van der Waals surface area contributed by atoms with Crippen molar-refractivity contribution in [3.63, 3.8) is 0 Å². The van der Waals surface area contributed by atoms with Crippen LogP contribution in [0.1, 0.15) is 18.7 Å². The third kappa shape index (κ3) is 3.84. The van der Waals surface area contributed by atoms with Gasteiger partial charge in [0.25, 0.3) is 0 Å². The van der Waals surface area contributed by atoms with Crippen LogP contribution in [0.3, 0.4) is 0 Å². The number of hydrogen-bond acceptors (Lipinski definition) is 4. The standard InChI is InChI=1S/C9H13N3O2/c1-14-9(13)3-2-4-10-7-8-11-5-6-12-8/h5-7H,2-4H2,1H3,(H,11,12). The third-order valence-corrected chi connectivity index (χ3v) is 1.63. The molecule has 0 spiro atoms. The summed E-state index contributed by atoms with van der Waals surface area (Å²) in [6.07, 6.45) is 6.15. The van der Waals surface area contributed by atoms with Crippen molar-refractivity contribution in [1.29, 1.82) is 0 Å². The van der Waals surface area contributed by atoms with Gasteiger partial charge in [0.05, 0.1) is 13.3 Å². The lowest BCUT2D eigenvalue weighted by atomic mass is 10.3. The second kappa shape index (κ2) is 5.90. The van der Waals surface area contributed by atoms with E-state index in [1.807, 2.05) is 0 Å². The topological polar surface area (TPSA) is 67.3 Å². The van der Waals surface area contributed by atoms with Crippen molar-refractivity contribution in [2.45, 2.75) is 12.8 Å². The van der Waals surface area contributed by atoms with E-state index in [9.17, 15) is 4.79 Å². The Morgan fingerprint density at radius 3 is 3.29 bits per heavy atom. The summed E-state index contributed by atoms with van der Waals surface area (Å²) in [5, 5.41) is 0. The van der Waals surface area contributed by atoms with Crippen LogP contribution >= 0.6 is 0 Å². The van der Waals surface area contributed by atoms with Crippen LogP contribution in [0.5, 0.6) is 0 Å². The van der Waals surface area contributed by atoms with Crippen LogP contribution in [0, 0.1) is 0 Å². The largest absolute Gasteiger partial charge is 0.469 e. The van der Waals surface area contributed by atoms with E-state index in [4.69, 9.17) is 0 Å². The lowest BCUT2D eigenvalue weighted by molar-refractivity contribution is -0.140. The number of imidazole rings is 1. The van der Waals surface area contributed by atoms with E-state index in [0.29, 0.717) is 19.4 Å². The number of nitrogens with one attached hydrogen (secondary N) is 1. The molecule has 0 aliphatic carbocycles. The molecule has 1 rings (SSSR count). The molecule has 0 aromatic carbocycles. The third-order valence-electron chi connectivity index (χ3n) is 1.63. The fourth-order valence-electron chi connectivity index (χ4n) is 0.916. The molecule has 0 saturated carbocycles. The Morgan fingerprint density at radius 2 is 2.64 bits per heavy atom. The predicted octanol–water partition coefficient (Wildman–Crippen LogP) is 0.782. The van der Waals surface area contributed by atoms with Crippen LogP contribution in [-0.4, -0.2) is 35.8 Å².